The van der Waals surface area contributed by atoms with E-state index in [2.05, 4.69) is 0 Å². The van der Waals surface area contributed by atoms with E-state index in [0.717, 1.165) is 18.6 Å². The topological polar surface area (TPSA) is 37.4 Å². The van der Waals surface area contributed by atoms with Gasteiger partial charge in [0, 0.05) is 0 Å². The van der Waals surface area contributed by atoms with Crippen LogP contribution < -0.4 is 4.90 Å². The number of amides is 2. The van der Waals surface area contributed by atoms with Crippen LogP contribution in [-0.2, 0) is 9.59 Å². The third kappa shape index (κ3) is 1.45. The van der Waals surface area contributed by atoms with E-state index >= 15 is 0 Å². The lowest BCUT2D eigenvalue weighted by Gasteiger charge is -2.18. The summed E-state index contributed by atoms with van der Waals surface area (Å²) in [6.45, 7) is 0. The van der Waals surface area contributed by atoms with Crippen molar-refractivity contribution in [3.63, 3.8) is 0 Å². The molecule has 2 fully saturated rings. The van der Waals surface area contributed by atoms with E-state index in [4.69, 9.17) is 0 Å². The molecule has 2 aliphatic carbocycles. The van der Waals surface area contributed by atoms with Gasteiger partial charge in [-0.15, -0.1) is 0 Å². The van der Waals surface area contributed by atoms with Gasteiger partial charge in [-0.25, -0.2) is 18.1 Å². The zero-order chi connectivity index (χ0) is 14.9. The Bertz CT molecular complexity index is 685. The third-order valence-electron chi connectivity index (χ3n) is 4.73. The lowest BCUT2D eigenvalue weighted by atomic mass is 9.85. The lowest BCUT2D eigenvalue weighted by molar-refractivity contribution is -0.123. The van der Waals surface area contributed by atoms with Crippen LogP contribution in [0.5, 0.6) is 0 Å². The fraction of sp³-hybridized carbons (Fsp3) is 0.333. The Morgan fingerprint density at radius 2 is 1.48 bits per heavy atom. The highest BCUT2D eigenvalue weighted by molar-refractivity contribution is 6.22. The van der Waals surface area contributed by atoms with Crippen molar-refractivity contribution in [1.82, 2.24) is 0 Å². The molecule has 3 nitrogen and oxygen atoms in total. The first-order valence-electron chi connectivity index (χ1n) is 6.70. The van der Waals surface area contributed by atoms with Gasteiger partial charge in [0.15, 0.2) is 17.5 Å². The van der Waals surface area contributed by atoms with E-state index in [-0.39, 0.29) is 11.8 Å². The molecule has 1 aromatic rings. The van der Waals surface area contributed by atoms with Crippen LogP contribution in [0.1, 0.15) is 6.42 Å². The van der Waals surface area contributed by atoms with Crippen LogP contribution in [0.25, 0.3) is 0 Å². The molecule has 4 atom stereocenters. The maximum absolute atomic E-state index is 13.9. The van der Waals surface area contributed by atoms with Gasteiger partial charge in [0.1, 0.15) is 0 Å². The molecule has 2 amide bonds. The number of benzene rings is 1. The maximum atomic E-state index is 13.9. The minimum Gasteiger partial charge on any atom is -0.274 e. The molecule has 21 heavy (non-hydrogen) atoms. The number of carbonyl (C=O) groups is 2. The average Bonchev–Trinajstić information content (AvgIpc) is 3.13. The highest BCUT2D eigenvalue weighted by Gasteiger charge is 2.60. The fourth-order valence-electron chi connectivity index (χ4n) is 3.83. The van der Waals surface area contributed by atoms with Crippen LogP contribution in [0, 0.1) is 41.1 Å². The molecular formula is C15H10F3NO2. The van der Waals surface area contributed by atoms with Gasteiger partial charge in [0.25, 0.3) is 0 Å². The predicted octanol–water partition coefficient (Wildman–Crippen LogP) is 2.42. The van der Waals surface area contributed by atoms with E-state index in [1.54, 1.807) is 0 Å². The SMILES string of the molecule is O=C1C2C3C=CC(C3)C2C(=O)N1c1ccc(F)c(F)c1F. The predicted molar refractivity (Wildman–Crippen MR) is 66.5 cm³/mol. The molecule has 0 N–H and O–H groups in total. The molecule has 1 aliphatic heterocycles. The van der Waals surface area contributed by atoms with Gasteiger partial charge in [0.2, 0.25) is 11.8 Å². The number of anilines is 1. The molecule has 0 aromatic heterocycles. The molecule has 1 saturated carbocycles. The van der Waals surface area contributed by atoms with Crippen LogP contribution in [0.4, 0.5) is 18.9 Å². The molecule has 1 aromatic carbocycles. The average molecular weight is 293 g/mol. The first-order valence-corrected chi connectivity index (χ1v) is 6.70. The van der Waals surface area contributed by atoms with E-state index in [9.17, 15) is 22.8 Å². The summed E-state index contributed by atoms with van der Waals surface area (Å²) in [7, 11) is 0. The largest absolute Gasteiger partial charge is 0.274 e. The maximum Gasteiger partial charge on any atom is 0.238 e. The highest BCUT2D eigenvalue weighted by atomic mass is 19.2. The number of rotatable bonds is 1. The second-order valence-electron chi connectivity index (χ2n) is 5.71. The van der Waals surface area contributed by atoms with Gasteiger partial charge in [-0.1, -0.05) is 12.2 Å². The second kappa shape index (κ2) is 3.96. The highest BCUT2D eigenvalue weighted by Crippen LogP contribution is 2.53. The van der Waals surface area contributed by atoms with Crippen molar-refractivity contribution >= 4 is 17.5 Å². The number of hydrogen-bond donors (Lipinski definition) is 0. The molecule has 1 heterocycles. The Morgan fingerprint density at radius 1 is 0.905 bits per heavy atom. The Kier molecular flexibility index (Phi) is 2.38. The van der Waals surface area contributed by atoms with E-state index < -0.39 is 46.8 Å². The van der Waals surface area contributed by atoms with Gasteiger partial charge in [-0.2, -0.15) is 0 Å². The Morgan fingerprint density at radius 3 is 2.05 bits per heavy atom. The quantitative estimate of drug-likeness (QED) is 0.453. The van der Waals surface area contributed by atoms with Crippen LogP contribution in [0.2, 0.25) is 0 Å². The summed E-state index contributed by atoms with van der Waals surface area (Å²) < 4.78 is 40.2. The summed E-state index contributed by atoms with van der Waals surface area (Å²) in [6.07, 6.45) is 4.56. The summed E-state index contributed by atoms with van der Waals surface area (Å²) >= 11 is 0. The molecule has 2 bridgehead atoms. The molecule has 4 unspecified atom stereocenters. The zero-order valence-electron chi connectivity index (χ0n) is 10.7. The first-order chi connectivity index (χ1) is 10.0. The lowest BCUT2D eigenvalue weighted by Crippen LogP contribution is -2.33. The molecule has 108 valence electrons. The van der Waals surface area contributed by atoms with E-state index in [0.29, 0.717) is 4.90 Å². The van der Waals surface area contributed by atoms with Gasteiger partial charge in [0.05, 0.1) is 17.5 Å². The Balaban J connectivity index is 1.80. The van der Waals surface area contributed by atoms with Crippen molar-refractivity contribution in [2.75, 3.05) is 4.90 Å². The Hall–Kier alpha value is -2.11. The Labute approximate surface area is 118 Å². The monoisotopic (exact) mass is 293 g/mol. The van der Waals surface area contributed by atoms with Gasteiger partial charge in [-0.3, -0.25) is 9.59 Å². The normalized spacial score (nSPS) is 33.2. The summed E-state index contributed by atoms with van der Waals surface area (Å²) in [5, 5.41) is 0. The summed E-state index contributed by atoms with van der Waals surface area (Å²) in [5.74, 6) is -6.61. The summed E-state index contributed by atoms with van der Waals surface area (Å²) in [5.41, 5.74) is -0.502. The van der Waals surface area contributed by atoms with Crippen molar-refractivity contribution in [3.8, 4) is 0 Å². The number of allylic oxidation sites excluding steroid dienone is 2. The van der Waals surface area contributed by atoms with Crippen LogP contribution in [-0.4, -0.2) is 11.8 Å². The minimum atomic E-state index is -1.67. The van der Waals surface area contributed by atoms with Gasteiger partial charge < -0.3 is 0 Å². The van der Waals surface area contributed by atoms with Crippen molar-refractivity contribution in [2.45, 2.75) is 6.42 Å². The molecule has 3 aliphatic rings. The van der Waals surface area contributed by atoms with Crippen LogP contribution in [0.15, 0.2) is 24.3 Å². The number of nitrogens with zero attached hydrogens (tertiary/aromatic N) is 1. The second-order valence-corrected chi connectivity index (χ2v) is 5.71. The number of hydrogen-bond acceptors (Lipinski definition) is 2. The molecule has 0 spiro atoms. The summed E-state index contributed by atoms with van der Waals surface area (Å²) in [4.78, 5) is 25.5. The molecular weight excluding hydrogens is 283 g/mol. The van der Waals surface area contributed by atoms with Crippen LogP contribution in [0.3, 0.4) is 0 Å². The molecule has 4 rings (SSSR count). The summed E-state index contributed by atoms with van der Waals surface area (Å²) in [6, 6.07) is 1.65. The van der Waals surface area contributed by atoms with E-state index in [1.807, 2.05) is 12.2 Å². The number of fused-ring (bicyclic) bond motifs is 5. The van der Waals surface area contributed by atoms with Crippen LogP contribution >= 0.6 is 0 Å². The molecule has 6 heteroatoms. The van der Waals surface area contributed by atoms with Gasteiger partial charge >= 0.3 is 0 Å². The van der Waals surface area contributed by atoms with E-state index in [1.165, 1.54) is 0 Å². The van der Waals surface area contributed by atoms with Crippen molar-refractivity contribution in [2.24, 2.45) is 23.7 Å². The molecule has 0 radical (unpaired) electrons. The van der Waals surface area contributed by atoms with Gasteiger partial charge in [-0.05, 0) is 30.4 Å². The fourth-order valence-corrected chi connectivity index (χ4v) is 3.83. The third-order valence-corrected chi connectivity index (χ3v) is 4.73. The number of imide groups is 1. The zero-order valence-corrected chi connectivity index (χ0v) is 10.7. The smallest absolute Gasteiger partial charge is 0.238 e. The molecule has 1 saturated heterocycles. The number of carbonyl (C=O) groups excluding carboxylic acids is 2. The first kappa shape index (κ1) is 12.6. The van der Waals surface area contributed by atoms with Crippen molar-refractivity contribution in [3.05, 3.63) is 41.7 Å². The van der Waals surface area contributed by atoms with Crippen molar-refractivity contribution in [1.29, 1.82) is 0 Å². The standard InChI is InChI=1S/C15H10F3NO2/c16-8-3-4-9(13(18)12(8)17)19-14(20)10-6-1-2-7(5-6)11(10)15(19)21/h1-4,6-7,10-11H,5H2. The minimum absolute atomic E-state index is 0.0187. The van der Waals surface area contributed by atoms with Crippen molar-refractivity contribution < 1.29 is 22.8 Å². The number of halogens is 3.